The molecule has 2 N–H and O–H groups in total. The second-order valence-corrected chi connectivity index (χ2v) is 7.87. The molecule has 1 atom stereocenters. The predicted molar refractivity (Wildman–Crippen MR) is 104 cm³/mol. The molecule has 0 saturated heterocycles. The van der Waals surface area contributed by atoms with Crippen molar-refractivity contribution in [1.82, 2.24) is 19.7 Å². The molecule has 3 aromatic rings. The molecule has 9 nitrogen and oxygen atoms in total. The van der Waals surface area contributed by atoms with Crippen LogP contribution in [-0.4, -0.2) is 34.1 Å². The van der Waals surface area contributed by atoms with E-state index in [0.29, 0.717) is 17.1 Å². The van der Waals surface area contributed by atoms with E-state index in [1.54, 1.807) is 12.3 Å². The molecular formula is C17H17ClN6O3S. The average Bonchev–Trinajstić information content (AvgIpc) is 3.09. The molecule has 0 saturated carbocycles. The van der Waals surface area contributed by atoms with Crippen LogP contribution >= 0.6 is 11.6 Å². The number of hydrogen-bond acceptors (Lipinski definition) is 6. The Labute approximate surface area is 166 Å². The van der Waals surface area contributed by atoms with Gasteiger partial charge in [0, 0.05) is 24.3 Å². The lowest BCUT2D eigenvalue weighted by atomic mass is 10.2. The van der Waals surface area contributed by atoms with Crippen molar-refractivity contribution in [3.8, 4) is 0 Å². The maximum atomic E-state index is 12.5. The highest BCUT2D eigenvalue weighted by Gasteiger charge is 2.20. The molecule has 0 aliphatic rings. The number of sulfonamides is 1. The highest BCUT2D eigenvalue weighted by Crippen LogP contribution is 2.19. The molecule has 146 valence electrons. The lowest BCUT2D eigenvalue weighted by Gasteiger charge is -2.15. The molecule has 28 heavy (non-hydrogen) atoms. The number of amides is 1. The quantitative estimate of drug-likeness (QED) is 0.606. The highest BCUT2D eigenvalue weighted by atomic mass is 35.5. The Kier molecular flexibility index (Phi) is 5.90. The zero-order chi connectivity index (χ0) is 20.1. The summed E-state index contributed by atoms with van der Waals surface area (Å²) in [4.78, 5) is 20.2. The molecule has 0 bridgehead atoms. The van der Waals surface area contributed by atoms with Gasteiger partial charge in [0.1, 0.15) is 6.04 Å². The van der Waals surface area contributed by atoms with Crippen LogP contribution in [0.1, 0.15) is 19.4 Å². The van der Waals surface area contributed by atoms with Gasteiger partial charge in [-0.3, -0.25) is 9.48 Å². The second kappa shape index (κ2) is 8.36. The smallest absolute Gasteiger partial charge is 0.264 e. The zero-order valence-corrected chi connectivity index (χ0v) is 16.4. The fraction of sp³-hybridized carbons (Fsp3) is 0.176. The Balaban J connectivity index is 1.71. The molecule has 0 fully saturated rings. The van der Waals surface area contributed by atoms with Crippen molar-refractivity contribution >= 4 is 39.2 Å². The fourth-order valence-electron chi connectivity index (χ4n) is 2.45. The van der Waals surface area contributed by atoms with Crippen molar-refractivity contribution in [3.63, 3.8) is 0 Å². The third-order valence-electron chi connectivity index (χ3n) is 3.80. The molecule has 1 amide bonds. The first-order valence-electron chi connectivity index (χ1n) is 8.29. The van der Waals surface area contributed by atoms with Gasteiger partial charge >= 0.3 is 0 Å². The van der Waals surface area contributed by atoms with Crippen molar-refractivity contribution in [1.29, 1.82) is 0 Å². The number of nitrogens with one attached hydrogen (secondary N) is 2. The average molecular weight is 421 g/mol. The van der Waals surface area contributed by atoms with Crippen LogP contribution in [0.15, 0.2) is 60.0 Å². The Morgan fingerprint density at radius 1 is 1.21 bits per heavy atom. The normalized spacial score (nSPS) is 12.4. The molecule has 0 spiro atoms. The van der Waals surface area contributed by atoms with Crippen LogP contribution in [0.25, 0.3) is 0 Å². The van der Waals surface area contributed by atoms with E-state index in [2.05, 4.69) is 25.1 Å². The van der Waals surface area contributed by atoms with Crippen molar-refractivity contribution in [3.05, 3.63) is 60.1 Å². The zero-order valence-electron chi connectivity index (χ0n) is 14.8. The Hall–Kier alpha value is -2.98. The third-order valence-corrected chi connectivity index (χ3v) is 5.34. The number of carbonyl (C=O) groups excluding carboxylic acids is 1. The lowest BCUT2D eigenvalue weighted by molar-refractivity contribution is -0.119. The number of rotatable bonds is 7. The summed E-state index contributed by atoms with van der Waals surface area (Å²) in [5, 5.41) is 7.25. The molecule has 11 heteroatoms. The van der Waals surface area contributed by atoms with E-state index in [0.717, 1.165) is 0 Å². The van der Waals surface area contributed by atoms with Gasteiger partial charge in [-0.2, -0.15) is 5.10 Å². The topological polar surface area (TPSA) is 119 Å². The van der Waals surface area contributed by atoms with Gasteiger partial charge in [-0.15, -0.1) is 0 Å². The predicted octanol–water partition coefficient (Wildman–Crippen LogP) is 2.72. The minimum absolute atomic E-state index is 0.0175. The van der Waals surface area contributed by atoms with Crippen molar-refractivity contribution in [2.45, 2.75) is 24.3 Å². The molecule has 1 aromatic carbocycles. The summed E-state index contributed by atoms with van der Waals surface area (Å²) in [6.07, 6.45) is 6.40. The first-order chi connectivity index (χ1) is 13.4. The summed E-state index contributed by atoms with van der Waals surface area (Å²) in [6, 6.07) is 6.81. The summed E-state index contributed by atoms with van der Waals surface area (Å²) in [6.45, 7) is 1.85. The van der Waals surface area contributed by atoms with Crippen LogP contribution in [0.5, 0.6) is 0 Å². The maximum Gasteiger partial charge on any atom is 0.264 e. The first kappa shape index (κ1) is 19.8. The maximum absolute atomic E-state index is 12.5. The summed E-state index contributed by atoms with van der Waals surface area (Å²) in [5.41, 5.74) is 0.455. The number of nitrogens with zero attached hydrogens (tertiary/aromatic N) is 4. The van der Waals surface area contributed by atoms with Crippen molar-refractivity contribution in [2.75, 3.05) is 10.0 Å². The van der Waals surface area contributed by atoms with E-state index in [-0.39, 0.29) is 16.8 Å². The standard InChI is InChI=1S/C17H17ClN6O3S/c1-2-15(24-11-12(18)10-21-24)16(25)22-13-4-6-14(7-5-13)28(26,27)23-17-19-8-3-9-20-17/h3-11,15H,2H2,1H3,(H,22,25)(H,19,20,23). The highest BCUT2D eigenvalue weighted by molar-refractivity contribution is 7.92. The van der Waals surface area contributed by atoms with Crippen LogP contribution in [-0.2, 0) is 14.8 Å². The molecular weight excluding hydrogens is 404 g/mol. The van der Waals surface area contributed by atoms with E-state index in [4.69, 9.17) is 11.6 Å². The SMILES string of the molecule is CCC(C(=O)Nc1ccc(S(=O)(=O)Nc2ncccn2)cc1)n1cc(Cl)cn1. The molecule has 1 unspecified atom stereocenters. The van der Waals surface area contributed by atoms with Gasteiger partial charge in [0.2, 0.25) is 11.9 Å². The minimum Gasteiger partial charge on any atom is -0.324 e. The van der Waals surface area contributed by atoms with Crippen LogP contribution in [0, 0.1) is 0 Å². The van der Waals surface area contributed by atoms with E-state index in [1.807, 2.05) is 6.92 Å². The van der Waals surface area contributed by atoms with E-state index < -0.39 is 16.1 Å². The van der Waals surface area contributed by atoms with Gasteiger partial charge in [0.05, 0.1) is 16.1 Å². The van der Waals surface area contributed by atoms with Crippen LogP contribution < -0.4 is 10.0 Å². The number of aromatic nitrogens is 4. The molecule has 0 aliphatic carbocycles. The van der Waals surface area contributed by atoms with Crippen molar-refractivity contribution < 1.29 is 13.2 Å². The van der Waals surface area contributed by atoms with Crippen LogP contribution in [0.4, 0.5) is 11.6 Å². The molecule has 2 aromatic heterocycles. The first-order valence-corrected chi connectivity index (χ1v) is 10.2. The van der Waals surface area contributed by atoms with Gasteiger partial charge in [-0.1, -0.05) is 18.5 Å². The molecule has 2 heterocycles. The molecule has 0 aliphatic heterocycles. The molecule has 3 rings (SSSR count). The van der Waals surface area contributed by atoms with E-state index in [1.165, 1.54) is 47.5 Å². The van der Waals surface area contributed by atoms with Gasteiger partial charge in [-0.05, 0) is 36.8 Å². The number of carbonyl (C=O) groups is 1. The summed E-state index contributed by atoms with van der Waals surface area (Å²) in [7, 11) is -3.84. The van der Waals surface area contributed by atoms with Gasteiger partial charge in [0.25, 0.3) is 10.0 Å². The van der Waals surface area contributed by atoms with Crippen LogP contribution in [0.3, 0.4) is 0 Å². The summed E-state index contributed by atoms with van der Waals surface area (Å²) < 4.78 is 28.5. The fourth-order valence-corrected chi connectivity index (χ4v) is 3.55. The number of benzene rings is 1. The second-order valence-electron chi connectivity index (χ2n) is 5.75. The van der Waals surface area contributed by atoms with Crippen LogP contribution in [0.2, 0.25) is 5.02 Å². The lowest BCUT2D eigenvalue weighted by Crippen LogP contribution is -2.26. The number of halogens is 1. The summed E-state index contributed by atoms with van der Waals surface area (Å²) >= 11 is 5.86. The summed E-state index contributed by atoms with van der Waals surface area (Å²) in [5.74, 6) is -0.308. The monoisotopic (exact) mass is 420 g/mol. The Bertz CT molecular complexity index is 1050. The minimum atomic E-state index is -3.84. The van der Waals surface area contributed by atoms with Gasteiger partial charge in [0.15, 0.2) is 0 Å². The van der Waals surface area contributed by atoms with E-state index in [9.17, 15) is 13.2 Å². The van der Waals surface area contributed by atoms with Gasteiger partial charge < -0.3 is 5.32 Å². The van der Waals surface area contributed by atoms with E-state index >= 15 is 0 Å². The van der Waals surface area contributed by atoms with Gasteiger partial charge in [-0.25, -0.2) is 23.1 Å². The molecule has 0 radical (unpaired) electrons. The third kappa shape index (κ3) is 4.65. The largest absolute Gasteiger partial charge is 0.324 e. The van der Waals surface area contributed by atoms with Crippen molar-refractivity contribution in [2.24, 2.45) is 0 Å². The Morgan fingerprint density at radius 2 is 1.89 bits per heavy atom. The number of hydrogen-bond donors (Lipinski definition) is 2. The number of anilines is 2. The Morgan fingerprint density at radius 3 is 2.46 bits per heavy atom.